The molecular formula is C19H24F3NO4. The van der Waals surface area contributed by atoms with Gasteiger partial charge in [0.05, 0.1) is 24.7 Å². The maximum Gasteiger partial charge on any atom is 0.573 e. The Kier molecular flexibility index (Phi) is 5.95. The minimum atomic E-state index is -4.72. The third-order valence-corrected chi connectivity index (χ3v) is 5.43. The van der Waals surface area contributed by atoms with Crippen molar-refractivity contribution in [3.05, 3.63) is 24.3 Å². The van der Waals surface area contributed by atoms with Gasteiger partial charge in [0, 0.05) is 19.3 Å². The fourth-order valence-corrected chi connectivity index (χ4v) is 3.97. The van der Waals surface area contributed by atoms with Crippen LogP contribution in [0.15, 0.2) is 24.3 Å². The molecule has 0 N–H and O–H groups in total. The monoisotopic (exact) mass is 387 g/mol. The maximum absolute atomic E-state index is 13.0. The van der Waals surface area contributed by atoms with E-state index in [2.05, 4.69) is 4.74 Å². The van der Waals surface area contributed by atoms with Crippen molar-refractivity contribution in [3.63, 3.8) is 0 Å². The smallest absolute Gasteiger partial charge is 0.406 e. The predicted molar refractivity (Wildman–Crippen MR) is 92.6 cm³/mol. The highest BCUT2D eigenvalue weighted by molar-refractivity contribution is 6.00. The van der Waals surface area contributed by atoms with E-state index < -0.39 is 6.36 Å². The van der Waals surface area contributed by atoms with Crippen LogP contribution in [0.1, 0.15) is 32.1 Å². The molecule has 0 atom stereocenters. The first-order valence-electron chi connectivity index (χ1n) is 9.11. The number of methoxy groups -OCH3 is 1. The number of amides is 1. The van der Waals surface area contributed by atoms with Gasteiger partial charge in [-0.2, -0.15) is 0 Å². The van der Waals surface area contributed by atoms with Gasteiger partial charge >= 0.3 is 6.36 Å². The number of hydrogen-bond acceptors (Lipinski definition) is 4. The number of nitrogens with zero attached hydrogens (tertiary/aromatic N) is 1. The lowest BCUT2D eigenvalue weighted by atomic mass is 9.72. The topological polar surface area (TPSA) is 48.0 Å². The van der Waals surface area contributed by atoms with Crippen LogP contribution in [0, 0.1) is 5.41 Å². The van der Waals surface area contributed by atoms with E-state index in [1.165, 1.54) is 24.3 Å². The second-order valence-electron chi connectivity index (χ2n) is 7.09. The van der Waals surface area contributed by atoms with Crippen molar-refractivity contribution in [1.82, 2.24) is 0 Å². The number of benzene rings is 1. The zero-order valence-corrected chi connectivity index (χ0v) is 15.3. The average molecular weight is 387 g/mol. The SMILES string of the molecule is COCCO[C@H]1CC[C@@]2(CCN(c3ccc(OC(F)(F)F)cc3)C2=O)CC1. The van der Waals surface area contributed by atoms with E-state index in [1.54, 1.807) is 12.0 Å². The Morgan fingerprint density at radius 3 is 2.37 bits per heavy atom. The van der Waals surface area contributed by atoms with E-state index in [9.17, 15) is 18.0 Å². The minimum absolute atomic E-state index is 0.0577. The standard InChI is InChI=1S/C19H24F3NO4/c1-25-12-13-26-15-6-8-18(9-7-15)10-11-23(17(18)24)14-2-4-16(5-3-14)27-19(20,21)22/h2-5,15H,6-13H2,1H3/t15-,18-. The molecule has 1 amide bonds. The van der Waals surface area contributed by atoms with Crippen LogP contribution in [0.3, 0.4) is 0 Å². The van der Waals surface area contributed by atoms with E-state index >= 15 is 0 Å². The summed E-state index contributed by atoms with van der Waals surface area (Å²) >= 11 is 0. The van der Waals surface area contributed by atoms with Crippen LogP contribution < -0.4 is 9.64 Å². The number of alkyl halides is 3. The molecule has 1 aliphatic heterocycles. The van der Waals surface area contributed by atoms with E-state index in [1.807, 2.05) is 0 Å². The average Bonchev–Trinajstić information content (AvgIpc) is 2.93. The number of anilines is 1. The molecule has 27 heavy (non-hydrogen) atoms. The summed E-state index contributed by atoms with van der Waals surface area (Å²) in [5.74, 6) is -0.233. The summed E-state index contributed by atoms with van der Waals surface area (Å²) < 4.78 is 51.4. The van der Waals surface area contributed by atoms with Gasteiger partial charge in [0.2, 0.25) is 5.91 Å². The molecule has 1 spiro atoms. The molecule has 0 radical (unpaired) electrons. The lowest BCUT2D eigenvalue weighted by molar-refractivity contribution is -0.274. The summed E-state index contributed by atoms with van der Waals surface area (Å²) in [7, 11) is 1.63. The van der Waals surface area contributed by atoms with Crippen molar-refractivity contribution >= 4 is 11.6 Å². The van der Waals surface area contributed by atoms with Gasteiger partial charge in [0.1, 0.15) is 5.75 Å². The van der Waals surface area contributed by atoms with Crippen LogP contribution >= 0.6 is 0 Å². The number of carbonyl (C=O) groups excluding carboxylic acids is 1. The van der Waals surface area contributed by atoms with Gasteiger partial charge < -0.3 is 19.1 Å². The number of ether oxygens (including phenoxy) is 3. The molecule has 1 aliphatic carbocycles. The zero-order valence-electron chi connectivity index (χ0n) is 15.3. The summed E-state index contributed by atoms with van der Waals surface area (Å²) in [5, 5.41) is 0. The second kappa shape index (κ2) is 8.06. The Morgan fingerprint density at radius 1 is 1.11 bits per heavy atom. The van der Waals surface area contributed by atoms with Crippen LogP contribution in [0.4, 0.5) is 18.9 Å². The first-order chi connectivity index (χ1) is 12.8. The van der Waals surface area contributed by atoms with Gasteiger partial charge in [0.15, 0.2) is 0 Å². The largest absolute Gasteiger partial charge is 0.573 e. The van der Waals surface area contributed by atoms with Crippen molar-refractivity contribution < 1.29 is 32.2 Å². The van der Waals surface area contributed by atoms with E-state index in [0.717, 1.165) is 32.1 Å². The summed E-state index contributed by atoms with van der Waals surface area (Å²) in [6.07, 6.45) is -0.587. The van der Waals surface area contributed by atoms with Crippen molar-refractivity contribution in [1.29, 1.82) is 0 Å². The molecule has 0 aromatic heterocycles. The number of rotatable bonds is 6. The normalized spacial score (nSPS) is 26.0. The summed E-state index contributed by atoms with van der Waals surface area (Å²) in [6, 6.07) is 5.47. The van der Waals surface area contributed by atoms with Crippen molar-refractivity contribution in [2.24, 2.45) is 5.41 Å². The zero-order chi connectivity index (χ0) is 19.5. The lowest BCUT2D eigenvalue weighted by Gasteiger charge is -2.35. The van der Waals surface area contributed by atoms with E-state index in [-0.39, 0.29) is 23.2 Å². The molecule has 8 heteroatoms. The van der Waals surface area contributed by atoms with Crippen LogP contribution in [0.2, 0.25) is 0 Å². The van der Waals surface area contributed by atoms with Gasteiger partial charge in [-0.1, -0.05) is 0 Å². The van der Waals surface area contributed by atoms with E-state index in [4.69, 9.17) is 9.47 Å². The third kappa shape index (κ3) is 4.73. The maximum atomic E-state index is 13.0. The Morgan fingerprint density at radius 2 is 1.78 bits per heavy atom. The highest BCUT2D eigenvalue weighted by Gasteiger charge is 2.48. The quantitative estimate of drug-likeness (QED) is 0.695. The summed E-state index contributed by atoms with van der Waals surface area (Å²) in [6.45, 7) is 1.69. The molecule has 2 fully saturated rings. The van der Waals surface area contributed by atoms with Crippen molar-refractivity contribution in [3.8, 4) is 5.75 Å². The van der Waals surface area contributed by atoms with Gasteiger partial charge in [-0.15, -0.1) is 13.2 Å². The molecule has 0 bridgehead atoms. The molecule has 0 unspecified atom stereocenters. The molecule has 1 saturated carbocycles. The highest BCUT2D eigenvalue weighted by Crippen LogP contribution is 2.46. The molecule has 3 rings (SSSR count). The lowest BCUT2D eigenvalue weighted by Crippen LogP contribution is -2.39. The molecule has 1 heterocycles. The predicted octanol–water partition coefficient (Wildman–Crippen LogP) is 3.91. The Labute approximate surface area is 156 Å². The minimum Gasteiger partial charge on any atom is -0.406 e. The summed E-state index contributed by atoms with van der Waals surface area (Å²) in [4.78, 5) is 14.7. The van der Waals surface area contributed by atoms with Gasteiger partial charge in [0.25, 0.3) is 0 Å². The molecule has 1 saturated heterocycles. The highest BCUT2D eigenvalue weighted by atomic mass is 19.4. The molecular weight excluding hydrogens is 363 g/mol. The Hall–Kier alpha value is -1.80. The van der Waals surface area contributed by atoms with E-state index in [0.29, 0.717) is 25.4 Å². The third-order valence-electron chi connectivity index (χ3n) is 5.43. The first-order valence-corrected chi connectivity index (χ1v) is 9.11. The first kappa shape index (κ1) is 19.9. The van der Waals surface area contributed by atoms with Crippen LogP contribution in [-0.4, -0.2) is 45.2 Å². The van der Waals surface area contributed by atoms with Crippen LogP contribution in [0.5, 0.6) is 5.75 Å². The van der Waals surface area contributed by atoms with Crippen LogP contribution in [-0.2, 0) is 14.3 Å². The Balaban J connectivity index is 1.59. The number of carbonyl (C=O) groups is 1. The van der Waals surface area contributed by atoms with Gasteiger partial charge in [-0.25, -0.2) is 0 Å². The Bertz CT molecular complexity index is 639. The van der Waals surface area contributed by atoms with Gasteiger partial charge in [-0.3, -0.25) is 4.79 Å². The number of hydrogen-bond donors (Lipinski definition) is 0. The second-order valence-corrected chi connectivity index (χ2v) is 7.09. The van der Waals surface area contributed by atoms with Crippen molar-refractivity contribution in [2.75, 3.05) is 31.8 Å². The molecule has 2 aliphatic rings. The fourth-order valence-electron chi connectivity index (χ4n) is 3.97. The van der Waals surface area contributed by atoms with Crippen LogP contribution in [0.25, 0.3) is 0 Å². The molecule has 150 valence electrons. The van der Waals surface area contributed by atoms with Crippen molar-refractivity contribution in [2.45, 2.75) is 44.6 Å². The fraction of sp³-hybridized carbons (Fsp3) is 0.632. The van der Waals surface area contributed by atoms with Gasteiger partial charge in [-0.05, 0) is 56.4 Å². The summed E-state index contributed by atoms with van der Waals surface area (Å²) in [5.41, 5.74) is 0.229. The number of halogens is 3. The molecule has 5 nitrogen and oxygen atoms in total. The molecule has 1 aromatic carbocycles. The molecule has 1 aromatic rings.